The highest BCUT2D eigenvalue weighted by molar-refractivity contribution is 5.92. The molecule has 4 rings (SSSR count). The molecule has 0 saturated heterocycles. The molecular formula is C22H18F2N4O. The quantitative estimate of drug-likeness (QED) is 0.562. The molecule has 4 aromatic rings. The summed E-state index contributed by atoms with van der Waals surface area (Å²) in [5.41, 5.74) is 4.39. The summed E-state index contributed by atoms with van der Waals surface area (Å²) >= 11 is 0. The lowest BCUT2D eigenvalue weighted by molar-refractivity contribution is 0.0946. The fraction of sp³-hybridized carbons (Fsp3) is 0.136. The first-order valence-electron chi connectivity index (χ1n) is 9.09. The van der Waals surface area contributed by atoms with Crippen molar-refractivity contribution >= 4 is 11.6 Å². The second-order valence-corrected chi connectivity index (χ2v) is 6.85. The van der Waals surface area contributed by atoms with Gasteiger partial charge in [-0.15, -0.1) is 0 Å². The summed E-state index contributed by atoms with van der Waals surface area (Å²) in [5, 5.41) is 2.84. The number of benzene rings is 1. The molecule has 1 amide bonds. The zero-order chi connectivity index (χ0) is 20.4. The molecule has 0 radical (unpaired) electrons. The summed E-state index contributed by atoms with van der Waals surface area (Å²) in [5.74, 6) is -2.00. The van der Waals surface area contributed by atoms with Crippen LogP contribution in [0.2, 0.25) is 0 Å². The van der Waals surface area contributed by atoms with Crippen molar-refractivity contribution in [2.75, 3.05) is 0 Å². The minimum Gasteiger partial charge on any atom is -0.347 e. The molecule has 146 valence electrons. The van der Waals surface area contributed by atoms with Crippen molar-refractivity contribution in [1.29, 1.82) is 0 Å². The number of carbonyl (C=O) groups excluding carboxylic acids is 1. The number of rotatable bonds is 5. The maximum Gasteiger partial charge on any atom is 0.271 e. The lowest BCUT2D eigenvalue weighted by Crippen LogP contribution is -2.23. The van der Waals surface area contributed by atoms with Gasteiger partial charge in [0.25, 0.3) is 5.91 Å². The van der Waals surface area contributed by atoms with Crippen LogP contribution < -0.4 is 5.32 Å². The van der Waals surface area contributed by atoms with Gasteiger partial charge in [-0.25, -0.2) is 13.8 Å². The molecule has 1 aromatic carbocycles. The Morgan fingerprint density at radius 1 is 1.00 bits per heavy atom. The number of nitrogens with zero attached hydrogens (tertiary/aromatic N) is 3. The minimum absolute atomic E-state index is 0.271. The van der Waals surface area contributed by atoms with Crippen LogP contribution in [0.15, 0.2) is 61.2 Å². The van der Waals surface area contributed by atoms with Crippen molar-refractivity contribution in [1.82, 2.24) is 19.7 Å². The van der Waals surface area contributed by atoms with Crippen molar-refractivity contribution < 1.29 is 13.6 Å². The van der Waals surface area contributed by atoms with Crippen LogP contribution in [0.1, 0.15) is 32.7 Å². The molecule has 0 fully saturated rings. The third-order valence-electron chi connectivity index (χ3n) is 4.62. The van der Waals surface area contributed by atoms with Gasteiger partial charge in [0.15, 0.2) is 11.6 Å². The van der Waals surface area contributed by atoms with Crippen molar-refractivity contribution in [3.63, 3.8) is 0 Å². The molecule has 5 nitrogen and oxygen atoms in total. The van der Waals surface area contributed by atoms with Gasteiger partial charge in [0.1, 0.15) is 11.3 Å². The highest BCUT2D eigenvalue weighted by Gasteiger charge is 2.13. The average Bonchev–Trinajstić information content (AvgIpc) is 3.15. The summed E-state index contributed by atoms with van der Waals surface area (Å²) in [6, 6.07) is 9.47. The van der Waals surface area contributed by atoms with E-state index in [4.69, 9.17) is 0 Å². The highest BCUT2D eigenvalue weighted by Crippen LogP contribution is 2.18. The number of amides is 1. The molecule has 0 saturated carbocycles. The van der Waals surface area contributed by atoms with Gasteiger partial charge >= 0.3 is 0 Å². The van der Waals surface area contributed by atoms with Gasteiger partial charge in [0.2, 0.25) is 0 Å². The molecular weight excluding hydrogens is 374 g/mol. The van der Waals surface area contributed by atoms with E-state index >= 15 is 0 Å². The van der Waals surface area contributed by atoms with E-state index in [0.29, 0.717) is 29.9 Å². The van der Waals surface area contributed by atoms with Crippen LogP contribution in [0.25, 0.3) is 5.65 Å². The third-order valence-corrected chi connectivity index (χ3v) is 4.62. The molecule has 0 bridgehead atoms. The van der Waals surface area contributed by atoms with Crippen LogP contribution in [-0.4, -0.2) is 20.3 Å². The number of fused-ring (bicyclic) bond motifs is 1. The van der Waals surface area contributed by atoms with E-state index in [9.17, 15) is 13.6 Å². The third kappa shape index (κ3) is 4.13. The van der Waals surface area contributed by atoms with Crippen LogP contribution in [0, 0.1) is 18.6 Å². The van der Waals surface area contributed by atoms with Gasteiger partial charge in [-0.3, -0.25) is 9.78 Å². The van der Waals surface area contributed by atoms with Crippen molar-refractivity contribution in [2.24, 2.45) is 0 Å². The Labute approximate surface area is 166 Å². The van der Waals surface area contributed by atoms with Gasteiger partial charge in [-0.1, -0.05) is 12.1 Å². The van der Waals surface area contributed by atoms with E-state index in [1.165, 1.54) is 6.07 Å². The smallest absolute Gasteiger partial charge is 0.271 e. The number of pyridine rings is 2. The number of hydrogen-bond acceptors (Lipinski definition) is 3. The summed E-state index contributed by atoms with van der Waals surface area (Å²) < 4.78 is 28.4. The van der Waals surface area contributed by atoms with E-state index in [1.54, 1.807) is 29.1 Å². The molecule has 3 heterocycles. The van der Waals surface area contributed by atoms with Crippen LogP contribution in [0.4, 0.5) is 8.78 Å². The van der Waals surface area contributed by atoms with Crippen molar-refractivity contribution in [2.45, 2.75) is 19.9 Å². The number of aryl methyl sites for hydroxylation is 1. The lowest BCUT2D eigenvalue weighted by Gasteiger charge is -2.06. The van der Waals surface area contributed by atoms with Crippen LogP contribution in [0.3, 0.4) is 0 Å². The minimum atomic E-state index is -0.865. The van der Waals surface area contributed by atoms with E-state index in [1.807, 2.05) is 31.3 Å². The molecule has 29 heavy (non-hydrogen) atoms. The molecule has 0 atom stereocenters. The Balaban J connectivity index is 1.54. The molecule has 0 aliphatic heterocycles. The first-order chi connectivity index (χ1) is 14.0. The van der Waals surface area contributed by atoms with Gasteiger partial charge in [0.05, 0.1) is 0 Å². The van der Waals surface area contributed by atoms with E-state index < -0.39 is 11.6 Å². The van der Waals surface area contributed by atoms with Crippen LogP contribution >= 0.6 is 0 Å². The predicted octanol–water partition coefficient (Wildman–Crippen LogP) is 3.84. The Hall–Kier alpha value is -3.61. The maximum absolute atomic E-state index is 13.5. The fourth-order valence-corrected chi connectivity index (χ4v) is 3.21. The Bertz CT molecular complexity index is 1190. The Kier molecular flexibility index (Phi) is 5.03. The van der Waals surface area contributed by atoms with Gasteiger partial charge in [0, 0.05) is 31.3 Å². The Morgan fingerprint density at radius 2 is 1.79 bits per heavy atom. The largest absolute Gasteiger partial charge is 0.347 e. The van der Waals surface area contributed by atoms with Gasteiger partial charge in [-0.05, 0) is 59.9 Å². The van der Waals surface area contributed by atoms with Crippen molar-refractivity contribution in [3.05, 3.63) is 101 Å². The fourth-order valence-electron chi connectivity index (χ4n) is 3.21. The van der Waals surface area contributed by atoms with Gasteiger partial charge in [-0.2, -0.15) is 0 Å². The van der Waals surface area contributed by atoms with E-state index in [2.05, 4.69) is 15.3 Å². The second-order valence-electron chi connectivity index (χ2n) is 6.85. The average molecular weight is 392 g/mol. The number of imidazole rings is 1. The second kappa shape index (κ2) is 7.79. The SMILES string of the molecule is Cc1cc(Cc2ccc(F)c(F)c2)cn2cc(C(=O)NCc3ccncc3)nc12. The van der Waals surface area contributed by atoms with E-state index in [0.717, 1.165) is 22.8 Å². The molecule has 0 unspecified atom stereocenters. The van der Waals surface area contributed by atoms with E-state index in [-0.39, 0.29) is 5.91 Å². The zero-order valence-corrected chi connectivity index (χ0v) is 15.7. The normalized spacial score (nSPS) is 11.0. The molecule has 7 heteroatoms. The van der Waals surface area contributed by atoms with Gasteiger partial charge < -0.3 is 9.72 Å². The highest BCUT2D eigenvalue weighted by atomic mass is 19.2. The number of halogens is 2. The molecule has 0 spiro atoms. The topological polar surface area (TPSA) is 59.3 Å². The summed E-state index contributed by atoms with van der Waals surface area (Å²) in [7, 11) is 0. The maximum atomic E-state index is 13.5. The first kappa shape index (κ1) is 18.7. The standard InChI is InChI=1S/C22H18F2N4O/c1-14-8-17(9-16-2-3-18(23)19(24)10-16)12-28-13-20(27-21(14)28)22(29)26-11-15-4-6-25-7-5-15/h2-8,10,12-13H,9,11H2,1H3,(H,26,29). The lowest BCUT2D eigenvalue weighted by atomic mass is 10.1. The molecule has 0 aliphatic carbocycles. The van der Waals surface area contributed by atoms with Crippen molar-refractivity contribution in [3.8, 4) is 0 Å². The molecule has 0 aliphatic rings. The van der Waals surface area contributed by atoms with Crippen LogP contribution in [0.5, 0.6) is 0 Å². The predicted molar refractivity (Wildman–Crippen MR) is 105 cm³/mol. The molecule has 3 aromatic heterocycles. The monoisotopic (exact) mass is 392 g/mol. The number of carbonyl (C=O) groups is 1. The first-order valence-corrected chi connectivity index (χ1v) is 9.09. The summed E-state index contributed by atoms with van der Waals surface area (Å²) in [4.78, 5) is 20.8. The Morgan fingerprint density at radius 3 is 2.55 bits per heavy atom. The van der Waals surface area contributed by atoms with Crippen LogP contribution in [-0.2, 0) is 13.0 Å². The zero-order valence-electron chi connectivity index (χ0n) is 15.7. The molecule has 1 N–H and O–H groups in total. The number of hydrogen-bond donors (Lipinski definition) is 1. The number of nitrogens with one attached hydrogen (secondary N) is 1. The summed E-state index contributed by atoms with van der Waals surface area (Å²) in [6.45, 7) is 2.28. The number of aromatic nitrogens is 3. The summed E-state index contributed by atoms with van der Waals surface area (Å²) in [6.07, 6.45) is 7.29.